The third kappa shape index (κ3) is 3.24. The molecule has 20 heavy (non-hydrogen) atoms. The van der Waals surface area contributed by atoms with E-state index in [9.17, 15) is 4.79 Å². The fraction of sp³-hybridized carbons (Fsp3) is 0.133. The normalized spacial score (nSPS) is 11.9. The first-order valence-electron chi connectivity index (χ1n) is 6.09. The van der Waals surface area contributed by atoms with Crippen molar-refractivity contribution in [1.82, 2.24) is 5.32 Å². The summed E-state index contributed by atoms with van der Waals surface area (Å²) in [7, 11) is 0. The minimum atomic E-state index is -0.257. The zero-order valence-corrected chi connectivity index (χ0v) is 12.4. The molecule has 104 valence electrons. The molecule has 3 nitrogen and oxygen atoms in total. The van der Waals surface area contributed by atoms with Crippen molar-refractivity contribution >= 4 is 34.8 Å². The predicted molar refractivity (Wildman–Crippen MR) is 83.2 cm³/mol. The highest BCUT2D eigenvalue weighted by molar-refractivity contribution is 6.34. The lowest BCUT2D eigenvalue weighted by Crippen LogP contribution is -2.27. The Morgan fingerprint density at radius 3 is 2.45 bits per heavy atom. The largest absolute Gasteiger partial charge is 0.397 e. The van der Waals surface area contributed by atoms with Gasteiger partial charge in [-0.25, -0.2) is 0 Å². The monoisotopic (exact) mass is 308 g/mol. The molecule has 2 aromatic rings. The van der Waals surface area contributed by atoms with Crippen molar-refractivity contribution < 1.29 is 4.79 Å². The summed E-state index contributed by atoms with van der Waals surface area (Å²) < 4.78 is 0. The van der Waals surface area contributed by atoms with Crippen molar-refractivity contribution in [2.75, 3.05) is 5.73 Å². The van der Waals surface area contributed by atoms with Gasteiger partial charge in [-0.1, -0.05) is 41.4 Å². The second-order valence-electron chi connectivity index (χ2n) is 4.45. The Hall–Kier alpha value is -1.71. The quantitative estimate of drug-likeness (QED) is 0.840. The molecule has 1 amide bonds. The number of carbonyl (C=O) groups excluding carboxylic acids is 1. The molecule has 2 rings (SSSR count). The first kappa shape index (κ1) is 14.7. The summed E-state index contributed by atoms with van der Waals surface area (Å²) in [4.78, 5) is 12.2. The van der Waals surface area contributed by atoms with E-state index in [0.29, 0.717) is 15.6 Å². The van der Waals surface area contributed by atoms with E-state index in [4.69, 9.17) is 28.9 Å². The smallest absolute Gasteiger partial charge is 0.253 e. The molecule has 0 saturated heterocycles. The first-order valence-corrected chi connectivity index (χ1v) is 6.85. The summed E-state index contributed by atoms with van der Waals surface area (Å²) in [5.74, 6) is -0.257. The maximum atomic E-state index is 12.2. The van der Waals surface area contributed by atoms with Crippen LogP contribution in [0, 0.1) is 0 Å². The second kappa shape index (κ2) is 6.16. The average Bonchev–Trinajstić information content (AvgIpc) is 2.42. The van der Waals surface area contributed by atoms with Crippen LogP contribution in [-0.4, -0.2) is 5.91 Å². The Morgan fingerprint density at radius 1 is 1.15 bits per heavy atom. The molecular weight excluding hydrogens is 295 g/mol. The lowest BCUT2D eigenvalue weighted by atomic mass is 10.1. The van der Waals surface area contributed by atoms with E-state index < -0.39 is 0 Å². The Kier molecular flexibility index (Phi) is 4.53. The van der Waals surface area contributed by atoms with E-state index >= 15 is 0 Å². The first-order chi connectivity index (χ1) is 9.49. The van der Waals surface area contributed by atoms with Gasteiger partial charge in [0.15, 0.2) is 0 Å². The van der Waals surface area contributed by atoms with E-state index in [2.05, 4.69) is 5.32 Å². The molecule has 0 heterocycles. The zero-order chi connectivity index (χ0) is 14.7. The van der Waals surface area contributed by atoms with Crippen LogP contribution in [0.5, 0.6) is 0 Å². The number of rotatable bonds is 3. The highest BCUT2D eigenvalue weighted by atomic mass is 35.5. The molecule has 0 fully saturated rings. The van der Waals surface area contributed by atoms with Crippen LogP contribution in [0.3, 0.4) is 0 Å². The highest BCUT2D eigenvalue weighted by Crippen LogP contribution is 2.23. The number of carbonyl (C=O) groups is 1. The van der Waals surface area contributed by atoms with Gasteiger partial charge < -0.3 is 11.1 Å². The number of halogens is 2. The van der Waals surface area contributed by atoms with Gasteiger partial charge in [0.1, 0.15) is 0 Å². The number of anilines is 1. The molecule has 3 N–H and O–H groups in total. The molecule has 0 spiro atoms. The second-order valence-corrected chi connectivity index (χ2v) is 5.29. The van der Waals surface area contributed by atoms with Crippen LogP contribution < -0.4 is 11.1 Å². The molecule has 0 aliphatic rings. The van der Waals surface area contributed by atoms with Gasteiger partial charge in [-0.2, -0.15) is 0 Å². The summed E-state index contributed by atoms with van der Waals surface area (Å²) in [6.07, 6.45) is 0. The van der Waals surface area contributed by atoms with Crippen molar-refractivity contribution in [3.63, 3.8) is 0 Å². The predicted octanol–water partition coefficient (Wildman–Crippen LogP) is 4.07. The molecule has 1 atom stereocenters. The number of nitrogen functional groups attached to an aromatic ring is 1. The fourth-order valence-corrected chi connectivity index (χ4v) is 2.14. The van der Waals surface area contributed by atoms with E-state index in [0.717, 1.165) is 5.56 Å². The summed E-state index contributed by atoms with van der Waals surface area (Å²) >= 11 is 11.7. The van der Waals surface area contributed by atoms with Crippen molar-refractivity contribution in [3.8, 4) is 0 Å². The van der Waals surface area contributed by atoms with E-state index in [1.165, 1.54) is 0 Å². The topological polar surface area (TPSA) is 55.1 Å². The number of para-hydroxylation sites is 1. The Balaban J connectivity index is 2.15. The molecule has 1 unspecified atom stereocenters. The summed E-state index contributed by atoms with van der Waals surface area (Å²) in [5.41, 5.74) is 7.43. The van der Waals surface area contributed by atoms with Crippen molar-refractivity contribution in [2.24, 2.45) is 0 Å². The lowest BCUT2D eigenvalue weighted by molar-refractivity contribution is 0.0941. The van der Waals surface area contributed by atoms with Crippen LogP contribution in [0.4, 0.5) is 5.69 Å². The highest BCUT2D eigenvalue weighted by Gasteiger charge is 2.15. The molecular formula is C15H14Cl2N2O. The van der Waals surface area contributed by atoms with Crippen molar-refractivity contribution in [2.45, 2.75) is 13.0 Å². The van der Waals surface area contributed by atoms with Crippen LogP contribution in [0.1, 0.15) is 28.9 Å². The van der Waals surface area contributed by atoms with Gasteiger partial charge in [0, 0.05) is 5.02 Å². The van der Waals surface area contributed by atoms with Gasteiger partial charge in [-0.05, 0) is 36.8 Å². The average molecular weight is 309 g/mol. The third-order valence-corrected chi connectivity index (χ3v) is 3.60. The van der Waals surface area contributed by atoms with Crippen LogP contribution in [-0.2, 0) is 0 Å². The van der Waals surface area contributed by atoms with E-state index in [1.807, 2.05) is 19.1 Å². The van der Waals surface area contributed by atoms with Gasteiger partial charge in [-0.3, -0.25) is 4.79 Å². The lowest BCUT2D eigenvalue weighted by Gasteiger charge is -2.15. The van der Waals surface area contributed by atoms with Gasteiger partial charge in [-0.15, -0.1) is 0 Å². The maximum absolute atomic E-state index is 12.2. The number of amides is 1. The molecule has 0 aliphatic carbocycles. The van der Waals surface area contributed by atoms with Crippen LogP contribution >= 0.6 is 23.2 Å². The minimum Gasteiger partial charge on any atom is -0.397 e. The van der Waals surface area contributed by atoms with E-state index in [1.54, 1.807) is 30.3 Å². The van der Waals surface area contributed by atoms with Crippen molar-refractivity contribution in [3.05, 3.63) is 63.6 Å². The summed E-state index contributed by atoms with van der Waals surface area (Å²) in [6.45, 7) is 1.89. The van der Waals surface area contributed by atoms with Gasteiger partial charge >= 0.3 is 0 Å². The minimum absolute atomic E-state index is 0.154. The SMILES string of the molecule is CC(NC(=O)c1cccc(Cl)c1N)c1ccc(Cl)cc1. The zero-order valence-electron chi connectivity index (χ0n) is 10.9. The fourth-order valence-electron chi connectivity index (χ4n) is 1.84. The summed E-state index contributed by atoms with van der Waals surface area (Å²) in [5, 5.41) is 3.91. The number of hydrogen-bond acceptors (Lipinski definition) is 2. The number of nitrogens with one attached hydrogen (secondary N) is 1. The molecule has 0 saturated carbocycles. The molecule has 0 aromatic heterocycles. The van der Waals surface area contributed by atoms with Gasteiger partial charge in [0.2, 0.25) is 0 Å². The molecule has 2 aromatic carbocycles. The van der Waals surface area contributed by atoms with Crippen LogP contribution in [0.25, 0.3) is 0 Å². The Bertz CT molecular complexity index is 626. The molecule has 0 aliphatic heterocycles. The van der Waals surface area contributed by atoms with Crippen molar-refractivity contribution in [1.29, 1.82) is 0 Å². The maximum Gasteiger partial charge on any atom is 0.253 e. The molecule has 0 radical (unpaired) electrons. The summed E-state index contributed by atoms with van der Waals surface area (Å²) in [6, 6.07) is 12.1. The Labute approximate surface area is 127 Å². The number of benzene rings is 2. The third-order valence-electron chi connectivity index (χ3n) is 3.02. The van der Waals surface area contributed by atoms with Crippen LogP contribution in [0.15, 0.2) is 42.5 Å². The van der Waals surface area contributed by atoms with Gasteiger partial charge in [0.05, 0.1) is 22.3 Å². The Morgan fingerprint density at radius 2 is 1.80 bits per heavy atom. The molecule has 5 heteroatoms. The number of nitrogens with two attached hydrogens (primary N) is 1. The standard InChI is InChI=1S/C15H14Cl2N2O/c1-9(10-5-7-11(16)8-6-10)19-15(20)12-3-2-4-13(17)14(12)18/h2-9H,18H2,1H3,(H,19,20). The van der Waals surface area contributed by atoms with Gasteiger partial charge in [0.25, 0.3) is 5.91 Å². The van der Waals surface area contributed by atoms with E-state index in [-0.39, 0.29) is 17.6 Å². The van der Waals surface area contributed by atoms with Crippen LogP contribution in [0.2, 0.25) is 10.0 Å². The molecule has 0 bridgehead atoms. The number of hydrogen-bond donors (Lipinski definition) is 2.